The van der Waals surface area contributed by atoms with Gasteiger partial charge in [-0.2, -0.15) is 0 Å². The predicted molar refractivity (Wildman–Crippen MR) is 156 cm³/mol. The number of ether oxygens (including phenoxy) is 1. The number of hydrogen-bond acceptors (Lipinski definition) is 7. The minimum absolute atomic E-state index is 0.00636. The van der Waals surface area contributed by atoms with Crippen LogP contribution in [0.3, 0.4) is 0 Å². The van der Waals surface area contributed by atoms with Gasteiger partial charge in [-0.3, -0.25) is 28.8 Å². The summed E-state index contributed by atoms with van der Waals surface area (Å²) < 4.78 is 5.44. The SMILES string of the molecule is C#CCCC(=O)Cc1ccc(COC(=O)C[C@@H](CC(C)C)C(=O)N[C@@H](C[C@@H]2CCCC2=O)C(=O)C(=O)NC2CC2)cc1. The molecule has 0 aliphatic heterocycles. The molecule has 0 spiro atoms. The molecule has 3 atom stereocenters. The molecule has 0 unspecified atom stereocenters. The second-order valence-corrected chi connectivity index (χ2v) is 11.9. The van der Waals surface area contributed by atoms with Crippen molar-refractivity contribution in [1.29, 1.82) is 0 Å². The van der Waals surface area contributed by atoms with E-state index in [0.29, 0.717) is 32.1 Å². The molecular weight excluding hydrogens is 536 g/mol. The third-order valence-corrected chi connectivity index (χ3v) is 7.63. The Morgan fingerprint density at radius 1 is 1.05 bits per heavy atom. The average Bonchev–Trinajstić information content (AvgIpc) is 3.68. The van der Waals surface area contributed by atoms with Crippen LogP contribution in [0.1, 0.15) is 89.2 Å². The first-order chi connectivity index (χ1) is 20.0. The Bertz CT molecular complexity index is 1190. The topological polar surface area (TPSA) is 136 Å². The van der Waals surface area contributed by atoms with Crippen LogP contribution in [0.15, 0.2) is 24.3 Å². The smallest absolute Gasteiger partial charge is 0.306 e. The van der Waals surface area contributed by atoms with Crippen LogP contribution in [0.5, 0.6) is 0 Å². The van der Waals surface area contributed by atoms with Gasteiger partial charge in [0.2, 0.25) is 11.7 Å². The van der Waals surface area contributed by atoms with Crippen LogP contribution in [-0.4, -0.2) is 47.2 Å². The van der Waals surface area contributed by atoms with E-state index in [4.69, 9.17) is 11.2 Å². The number of benzene rings is 1. The number of ketones is 3. The van der Waals surface area contributed by atoms with Gasteiger partial charge in [0.05, 0.1) is 12.5 Å². The summed E-state index contributed by atoms with van der Waals surface area (Å²) in [5.74, 6) is -1.11. The highest BCUT2D eigenvalue weighted by molar-refractivity contribution is 6.38. The second-order valence-electron chi connectivity index (χ2n) is 11.9. The minimum Gasteiger partial charge on any atom is -0.461 e. The highest BCUT2D eigenvalue weighted by atomic mass is 16.5. The number of amides is 2. The zero-order valence-electron chi connectivity index (χ0n) is 24.6. The van der Waals surface area contributed by atoms with Gasteiger partial charge < -0.3 is 15.4 Å². The lowest BCUT2D eigenvalue weighted by atomic mass is 9.91. The van der Waals surface area contributed by atoms with Crippen molar-refractivity contribution in [2.45, 2.75) is 103 Å². The van der Waals surface area contributed by atoms with Gasteiger partial charge in [-0.1, -0.05) is 38.1 Å². The Morgan fingerprint density at radius 2 is 1.74 bits per heavy atom. The monoisotopic (exact) mass is 578 g/mol. The number of esters is 1. The largest absolute Gasteiger partial charge is 0.461 e. The molecule has 226 valence electrons. The molecule has 1 aromatic rings. The molecule has 0 aromatic heterocycles. The van der Waals surface area contributed by atoms with Crippen molar-refractivity contribution in [1.82, 2.24) is 10.6 Å². The number of carbonyl (C=O) groups is 6. The number of rotatable bonds is 17. The molecule has 2 saturated carbocycles. The van der Waals surface area contributed by atoms with Crippen molar-refractivity contribution in [3.63, 3.8) is 0 Å². The minimum atomic E-state index is -1.13. The van der Waals surface area contributed by atoms with E-state index in [1.165, 1.54) is 0 Å². The highest BCUT2D eigenvalue weighted by Crippen LogP contribution is 2.27. The van der Waals surface area contributed by atoms with E-state index in [2.05, 4.69) is 16.6 Å². The summed E-state index contributed by atoms with van der Waals surface area (Å²) in [7, 11) is 0. The zero-order valence-corrected chi connectivity index (χ0v) is 24.6. The second kappa shape index (κ2) is 16.0. The molecule has 2 amide bonds. The van der Waals surface area contributed by atoms with Crippen molar-refractivity contribution < 1.29 is 33.5 Å². The van der Waals surface area contributed by atoms with Gasteiger partial charge in [0.25, 0.3) is 5.91 Å². The van der Waals surface area contributed by atoms with Crippen LogP contribution >= 0.6 is 0 Å². The maximum atomic E-state index is 13.4. The van der Waals surface area contributed by atoms with Crippen molar-refractivity contribution in [3.8, 4) is 12.3 Å². The molecule has 9 heteroatoms. The Hall–Kier alpha value is -3.80. The summed E-state index contributed by atoms with van der Waals surface area (Å²) in [6.45, 7) is 3.85. The van der Waals surface area contributed by atoms with Gasteiger partial charge in [-0.05, 0) is 55.6 Å². The number of carbonyl (C=O) groups excluding carboxylic acids is 6. The maximum absolute atomic E-state index is 13.4. The number of hydrogen-bond donors (Lipinski definition) is 2. The third-order valence-electron chi connectivity index (χ3n) is 7.63. The standard InChI is InChI=1S/C33H42N2O7/c1-4-5-8-27(36)17-22-10-12-23(13-11-22)20-42-30(38)19-25(16-21(2)3)32(40)35-28(18-24-7-6-9-29(24)37)31(39)33(41)34-26-14-15-26/h1,10-13,21,24-26,28H,5-9,14-20H2,2-3H3,(H,34,41)(H,35,40)/t24-,25+,28-/m0/s1. The number of nitrogens with one attached hydrogen (secondary N) is 2. The van der Waals surface area contributed by atoms with E-state index in [1.54, 1.807) is 24.3 Å². The summed E-state index contributed by atoms with van der Waals surface area (Å²) in [5.41, 5.74) is 1.58. The normalized spacial score (nSPS) is 17.7. The van der Waals surface area contributed by atoms with Gasteiger partial charge in [0, 0.05) is 43.6 Å². The molecule has 1 aromatic carbocycles. The van der Waals surface area contributed by atoms with Gasteiger partial charge >= 0.3 is 5.97 Å². The maximum Gasteiger partial charge on any atom is 0.306 e. The van der Waals surface area contributed by atoms with Gasteiger partial charge in [-0.25, -0.2) is 0 Å². The van der Waals surface area contributed by atoms with E-state index in [0.717, 1.165) is 30.4 Å². The molecule has 0 heterocycles. The summed E-state index contributed by atoms with van der Waals surface area (Å²) in [4.78, 5) is 75.9. The molecule has 9 nitrogen and oxygen atoms in total. The first kappa shape index (κ1) is 32.7. The molecule has 2 aliphatic rings. The summed E-state index contributed by atoms with van der Waals surface area (Å²) in [6, 6.07) is 6.01. The van der Waals surface area contributed by atoms with Crippen LogP contribution in [0, 0.1) is 30.1 Å². The van der Waals surface area contributed by atoms with Crippen molar-refractivity contribution in [2.75, 3.05) is 0 Å². The van der Waals surface area contributed by atoms with E-state index in [-0.39, 0.29) is 55.3 Å². The molecule has 3 rings (SSSR count). The molecule has 42 heavy (non-hydrogen) atoms. The lowest BCUT2D eigenvalue weighted by Gasteiger charge is -2.24. The van der Waals surface area contributed by atoms with Crippen LogP contribution in [0.2, 0.25) is 0 Å². The lowest BCUT2D eigenvalue weighted by molar-refractivity contribution is -0.148. The molecule has 2 N–H and O–H groups in total. The fourth-order valence-electron chi connectivity index (χ4n) is 5.14. The first-order valence-electron chi connectivity index (χ1n) is 14.9. The van der Waals surface area contributed by atoms with E-state index in [1.807, 2.05) is 13.8 Å². The number of Topliss-reactive ketones (excluding diaryl/α,β-unsaturated/α-hetero) is 3. The number of terminal acetylenes is 1. The van der Waals surface area contributed by atoms with Gasteiger partial charge in [0.1, 0.15) is 18.2 Å². The molecule has 2 aliphatic carbocycles. The molecular formula is C33H42N2O7. The average molecular weight is 579 g/mol. The van der Waals surface area contributed by atoms with E-state index < -0.39 is 35.5 Å². The van der Waals surface area contributed by atoms with E-state index >= 15 is 0 Å². The molecule has 2 fully saturated rings. The molecule has 0 bridgehead atoms. The van der Waals surface area contributed by atoms with Crippen LogP contribution < -0.4 is 10.6 Å². The Labute approximate surface area is 247 Å². The van der Waals surface area contributed by atoms with E-state index in [9.17, 15) is 28.8 Å². The van der Waals surface area contributed by atoms with Gasteiger partial charge in [-0.15, -0.1) is 12.3 Å². The summed E-state index contributed by atoms with van der Waals surface area (Å²) in [6.07, 6.45) is 9.90. The van der Waals surface area contributed by atoms with Crippen molar-refractivity contribution >= 4 is 35.1 Å². The summed E-state index contributed by atoms with van der Waals surface area (Å²) >= 11 is 0. The van der Waals surface area contributed by atoms with Crippen molar-refractivity contribution in [3.05, 3.63) is 35.4 Å². The van der Waals surface area contributed by atoms with Crippen LogP contribution in [-0.2, 0) is 46.5 Å². The van der Waals surface area contributed by atoms with Crippen LogP contribution in [0.25, 0.3) is 0 Å². The molecule has 0 saturated heterocycles. The molecule has 0 radical (unpaired) electrons. The Balaban J connectivity index is 1.58. The Morgan fingerprint density at radius 3 is 2.33 bits per heavy atom. The Kier molecular flexibility index (Phi) is 12.5. The quantitative estimate of drug-likeness (QED) is 0.164. The lowest BCUT2D eigenvalue weighted by Crippen LogP contribution is -2.50. The summed E-state index contributed by atoms with van der Waals surface area (Å²) in [5, 5.41) is 5.38. The predicted octanol–water partition coefficient (Wildman–Crippen LogP) is 3.40. The zero-order chi connectivity index (χ0) is 30.6. The fraction of sp³-hybridized carbons (Fsp3) is 0.576. The van der Waals surface area contributed by atoms with Crippen LogP contribution in [0.4, 0.5) is 0 Å². The third kappa shape index (κ3) is 10.9. The van der Waals surface area contributed by atoms with Gasteiger partial charge in [0.15, 0.2) is 0 Å². The fourth-order valence-corrected chi connectivity index (χ4v) is 5.14. The van der Waals surface area contributed by atoms with Crippen molar-refractivity contribution in [2.24, 2.45) is 17.8 Å². The highest BCUT2D eigenvalue weighted by Gasteiger charge is 2.37. The first-order valence-corrected chi connectivity index (χ1v) is 14.9.